The third-order valence-corrected chi connectivity index (χ3v) is 4.22. The lowest BCUT2D eigenvalue weighted by molar-refractivity contribution is -0.121. The van der Waals surface area contributed by atoms with Gasteiger partial charge in [-0.25, -0.2) is 4.98 Å². The van der Waals surface area contributed by atoms with Crippen LogP contribution in [0.2, 0.25) is 0 Å². The van der Waals surface area contributed by atoms with Gasteiger partial charge in [0.2, 0.25) is 5.91 Å². The maximum Gasteiger partial charge on any atom is 0.258 e. The van der Waals surface area contributed by atoms with Gasteiger partial charge in [0, 0.05) is 38.7 Å². The number of aromatic amines is 1. The first-order chi connectivity index (χ1) is 12.6. The van der Waals surface area contributed by atoms with Crippen molar-refractivity contribution < 1.29 is 4.79 Å². The lowest BCUT2D eigenvalue weighted by atomic mass is 10.2. The number of aryl methyl sites for hydroxylation is 1. The van der Waals surface area contributed by atoms with E-state index < -0.39 is 0 Å². The molecule has 0 aliphatic carbocycles. The Hall–Kier alpha value is -3.15. The highest BCUT2D eigenvalue weighted by atomic mass is 16.1. The summed E-state index contributed by atoms with van der Waals surface area (Å²) in [6.07, 6.45) is 0.691. The van der Waals surface area contributed by atoms with E-state index >= 15 is 0 Å². The minimum absolute atomic E-state index is 0.0535. The normalized spacial score (nSPS) is 10.7. The van der Waals surface area contributed by atoms with Gasteiger partial charge in [-0.1, -0.05) is 30.3 Å². The second-order valence-electron chi connectivity index (χ2n) is 6.14. The van der Waals surface area contributed by atoms with E-state index in [4.69, 9.17) is 0 Å². The molecule has 0 fully saturated rings. The molecule has 1 amide bonds. The molecule has 0 atom stereocenters. The molecule has 2 N–H and O–H groups in total. The first-order valence-electron chi connectivity index (χ1n) is 8.64. The van der Waals surface area contributed by atoms with Gasteiger partial charge in [0.15, 0.2) is 0 Å². The molecule has 0 aliphatic heterocycles. The molecule has 1 heterocycles. The van der Waals surface area contributed by atoms with Crippen molar-refractivity contribution >= 4 is 22.5 Å². The van der Waals surface area contributed by atoms with E-state index in [2.05, 4.69) is 20.2 Å². The molecule has 0 radical (unpaired) electrons. The summed E-state index contributed by atoms with van der Waals surface area (Å²) in [6, 6.07) is 17.2. The number of hydrogen-bond donors (Lipinski definition) is 2. The number of carbonyl (C=O) groups is 1. The molecule has 26 heavy (non-hydrogen) atoms. The molecule has 134 valence electrons. The quantitative estimate of drug-likeness (QED) is 0.684. The third kappa shape index (κ3) is 4.47. The number of rotatable bonds is 7. The summed E-state index contributed by atoms with van der Waals surface area (Å²) >= 11 is 0. The highest BCUT2D eigenvalue weighted by molar-refractivity contribution is 5.78. The predicted molar refractivity (Wildman–Crippen MR) is 103 cm³/mol. The number of likely N-dealkylation sites (N-methyl/N-ethyl adjacent to an activating group) is 1. The second kappa shape index (κ2) is 8.29. The number of aromatic nitrogens is 2. The minimum Gasteiger partial charge on any atom is -0.373 e. The zero-order valence-electron chi connectivity index (χ0n) is 14.7. The van der Waals surface area contributed by atoms with Crippen LogP contribution in [-0.2, 0) is 11.2 Å². The zero-order valence-corrected chi connectivity index (χ0v) is 14.7. The van der Waals surface area contributed by atoms with Gasteiger partial charge < -0.3 is 15.2 Å². The van der Waals surface area contributed by atoms with Crippen LogP contribution >= 0.6 is 0 Å². The molecule has 3 aromatic rings. The summed E-state index contributed by atoms with van der Waals surface area (Å²) in [5.41, 5.74) is 1.59. The Balaban J connectivity index is 1.48. The van der Waals surface area contributed by atoms with Gasteiger partial charge >= 0.3 is 0 Å². The second-order valence-corrected chi connectivity index (χ2v) is 6.14. The molecule has 0 bridgehead atoms. The van der Waals surface area contributed by atoms with Crippen LogP contribution in [0.15, 0.2) is 59.4 Å². The number of amides is 1. The smallest absolute Gasteiger partial charge is 0.258 e. The van der Waals surface area contributed by atoms with Crippen LogP contribution in [0, 0.1) is 0 Å². The Morgan fingerprint density at radius 2 is 1.85 bits per heavy atom. The fourth-order valence-corrected chi connectivity index (χ4v) is 2.75. The van der Waals surface area contributed by atoms with Gasteiger partial charge in [-0.2, -0.15) is 0 Å². The SMILES string of the molecule is CN(CCNC(=O)CCc1nc2ccccc2c(=O)[nH]1)c1ccccc1. The number of nitrogens with one attached hydrogen (secondary N) is 2. The van der Waals surface area contributed by atoms with Gasteiger partial charge in [-0.15, -0.1) is 0 Å². The van der Waals surface area contributed by atoms with Crippen LogP contribution in [0.25, 0.3) is 10.9 Å². The lowest BCUT2D eigenvalue weighted by Crippen LogP contribution is -2.33. The summed E-state index contributed by atoms with van der Waals surface area (Å²) in [5, 5.41) is 3.46. The van der Waals surface area contributed by atoms with E-state index in [-0.39, 0.29) is 17.9 Å². The number of anilines is 1. The summed E-state index contributed by atoms with van der Waals surface area (Å²) in [6.45, 7) is 1.28. The van der Waals surface area contributed by atoms with E-state index in [0.717, 1.165) is 12.2 Å². The van der Waals surface area contributed by atoms with E-state index in [0.29, 0.717) is 29.7 Å². The number of para-hydroxylation sites is 2. The molecule has 0 aliphatic rings. The van der Waals surface area contributed by atoms with Crippen molar-refractivity contribution in [3.63, 3.8) is 0 Å². The van der Waals surface area contributed by atoms with Crippen molar-refractivity contribution in [2.24, 2.45) is 0 Å². The highest BCUT2D eigenvalue weighted by Crippen LogP contribution is 2.10. The fourth-order valence-electron chi connectivity index (χ4n) is 2.75. The molecular formula is C20H22N4O2. The largest absolute Gasteiger partial charge is 0.373 e. The monoisotopic (exact) mass is 350 g/mol. The third-order valence-electron chi connectivity index (χ3n) is 4.22. The average Bonchev–Trinajstić information content (AvgIpc) is 2.67. The maximum atomic E-state index is 12.0. The highest BCUT2D eigenvalue weighted by Gasteiger charge is 2.07. The molecule has 6 heteroatoms. The summed E-state index contributed by atoms with van der Waals surface area (Å²) in [4.78, 5) is 33.3. The Bertz CT molecular complexity index is 937. The van der Waals surface area contributed by atoms with Crippen molar-refractivity contribution in [2.75, 3.05) is 25.0 Å². The molecule has 2 aromatic carbocycles. The van der Waals surface area contributed by atoms with Crippen molar-refractivity contribution in [3.8, 4) is 0 Å². The van der Waals surface area contributed by atoms with E-state index in [9.17, 15) is 9.59 Å². The van der Waals surface area contributed by atoms with Gasteiger partial charge in [-0.3, -0.25) is 9.59 Å². The number of hydrogen-bond acceptors (Lipinski definition) is 4. The van der Waals surface area contributed by atoms with E-state index in [1.807, 2.05) is 43.4 Å². The Labute approximate surface area is 151 Å². The predicted octanol–water partition coefficient (Wildman–Crippen LogP) is 2.11. The first-order valence-corrected chi connectivity index (χ1v) is 8.64. The van der Waals surface area contributed by atoms with Gasteiger partial charge in [0.05, 0.1) is 10.9 Å². The van der Waals surface area contributed by atoms with Crippen LogP contribution in [-0.4, -0.2) is 36.0 Å². The van der Waals surface area contributed by atoms with E-state index in [1.54, 1.807) is 18.2 Å². The first kappa shape index (κ1) is 17.7. The molecular weight excluding hydrogens is 328 g/mol. The molecule has 6 nitrogen and oxygen atoms in total. The van der Waals surface area contributed by atoms with Crippen LogP contribution in [0.3, 0.4) is 0 Å². The molecule has 0 saturated heterocycles. The maximum absolute atomic E-state index is 12.0. The number of fused-ring (bicyclic) bond motifs is 1. The van der Waals surface area contributed by atoms with Crippen LogP contribution in [0.1, 0.15) is 12.2 Å². The molecule has 3 rings (SSSR count). The number of nitrogens with zero attached hydrogens (tertiary/aromatic N) is 2. The van der Waals surface area contributed by atoms with Crippen molar-refractivity contribution in [1.29, 1.82) is 0 Å². The van der Waals surface area contributed by atoms with Gasteiger partial charge in [-0.05, 0) is 24.3 Å². The topological polar surface area (TPSA) is 78.1 Å². The fraction of sp³-hybridized carbons (Fsp3) is 0.250. The molecule has 0 saturated carbocycles. The summed E-state index contributed by atoms with van der Waals surface area (Å²) in [5.74, 6) is 0.479. The van der Waals surface area contributed by atoms with Crippen LogP contribution in [0.5, 0.6) is 0 Å². The number of H-pyrrole nitrogens is 1. The summed E-state index contributed by atoms with van der Waals surface area (Å²) in [7, 11) is 1.99. The number of benzene rings is 2. The molecule has 0 unspecified atom stereocenters. The average molecular weight is 350 g/mol. The van der Waals surface area contributed by atoms with Crippen molar-refractivity contribution in [3.05, 3.63) is 70.8 Å². The minimum atomic E-state index is -0.171. The number of carbonyl (C=O) groups excluding carboxylic acids is 1. The summed E-state index contributed by atoms with van der Waals surface area (Å²) < 4.78 is 0. The van der Waals surface area contributed by atoms with Crippen molar-refractivity contribution in [1.82, 2.24) is 15.3 Å². The van der Waals surface area contributed by atoms with Gasteiger partial charge in [0.25, 0.3) is 5.56 Å². The standard InChI is InChI=1S/C20H22N4O2/c1-24(15-7-3-2-4-8-15)14-13-21-19(25)12-11-18-22-17-10-6-5-9-16(17)20(26)23-18/h2-10H,11-14H2,1H3,(H,21,25)(H,22,23,26). The Morgan fingerprint density at radius 1 is 1.12 bits per heavy atom. The van der Waals surface area contributed by atoms with Gasteiger partial charge in [0.1, 0.15) is 5.82 Å². The molecule has 1 aromatic heterocycles. The molecule has 0 spiro atoms. The van der Waals surface area contributed by atoms with E-state index in [1.165, 1.54) is 0 Å². The Morgan fingerprint density at radius 3 is 2.65 bits per heavy atom. The Kier molecular flexibility index (Phi) is 5.63. The zero-order chi connectivity index (χ0) is 18.4. The van der Waals surface area contributed by atoms with Crippen LogP contribution in [0.4, 0.5) is 5.69 Å². The lowest BCUT2D eigenvalue weighted by Gasteiger charge is -2.19. The van der Waals surface area contributed by atoms with Crippen molar-refractivity contribution in [2.45, 2.75) is 12.8 Å². The van der Waals surface area contributed by atoms with Crippen LogP contribution < -0.4 is 15.8 Å².